The molecule has 0 radical (unpaired) electrons. The highest BCUT2D eigenvalue weighted by atomic mass is 32.2. The zero-order valence-electron chi connectivity index (χ0n) is 17.8. The average molecular weight is 470 g/mol. The van der Waals surface area contributed by atoms with Gasteiger partial charge in [-0.2, -0.15) is 4.31 Å². The van der Waals surface area contributed by atoms with Gasteiger partial charge in [0, 0.05) is 12.6 Å². The topological polar surface area (TPSA) is 118 Å². The fourth-order valence-electron chi connectivity index (χ4n) is 3.74. The normalized spacial score (nSPS) is 16.0. The molecule has 9 nitrogen and oxygen atoms in total. The molecule has 1 aliphatic rings. The van der Waals surface area contributed by atoms with Gasteiger partial charge in [0.2, 0.25) is 15.9 Å². The summed E-state index contributed by atoms with van der Waals surface area (Å²) in [6.07, 6.45) is 1.63. The molecule has 2 heterocycles. The number of rotatable bonds is 7. The van der Waals surface area contributed by atoms with Crippen LogP contribution in [0.15, 0.2) is 71.8 Å². The van der Waals surface area contributed by atoms with Gasteiger partial charge in [0.05, 0.1) is 12.8 Å². The minimum absolute atomic E-state index is 0.0852. The van der Waals surface area contributed by atoms with E-state index in [-0.39, 0.29) is 17.3 Å². The Morgan fingerprint density at radius 2 is 1.85 bits per heavy atom. The lowest BCUT2D eigenvalue weighted by Crippen LogP contribution is -2.46. The van der Waals surface area contributed by atoms with E-state index in [1.165, 1.54) is 18.3 Å². The number of aromatic nitrogens is 1. The van der Waals surface area contributed by atoms with E-state index in [4.69, 9.17) is 9.47 Å². The Balaban J connectivity index is 1.57. The number of hydrogen-bond acceptors (Lipinski definition) is 7. The molecule has 0 saturated heterocycles. The summed E-state index contributed by atoms with van der Waals surface area (Å²) in [5, 5.41) is 9.23. The van der Waals surface area contributed by atoms with Crippen molar-refractivity contribution in [1.29, 1.82) is 0 Å². The second-order valence-electron chi connectivity index (χ2n) is 7.28. The van der Waals surface area contributed by atoms with Crippen LogP contribution in [0.3, 0.4) is 0 Å². The minimum atomic E-state index is -4.08. The van der Waals surface area contributed by atoms with E-state index in [1.807, 2.05) is 19.1 Å². The zero-order chi connectivity index (χ0) is 23.4. The maximum absolute atomic E-state index is 13.4. The Morgan fingerprint density at radius 3 is 2.52 bits per heavy atom. The molecule has 2 N–H and O–H groups in total. The standard InChI is InChI=1S/C23H23N3O6S/c1-2-31-17-7-9-18(10-8-17)32-21-12-11-19(15-24-21)33(29,30)26-14-13-16-5-3-4-6-20(16)22(26)23(27)25-28/h3-12,15,22,28H,2,13-14H2,1H3,(H,25,27)/t22-/m1/s1. The van der Waals surface area contributed by atoms with Crippen LogP contribution in [0.1, 0.15) is 24.1 Å². The van der Waals surface area contributed by atoms with Gasteiger partial charge < -0.3 is 9.47 Å². The number of nitrogens with zero attached hydrogens (tertiary/aromatic N) is 2. The zero-order valence-corrected chi connectivity index (χ0v) is 18.7. The first kappa shape index (κ1) is 22.7. The molecule has 0 bridgehead atoms. The van der Waals surface area contributed by atoms with Crippen molar-refractivity contribution in [1.82, 2.24) is 14.8 Å². The van der Waals surface area contributed by atoms with Crippen molar-refractivity contribution >= 4 is 15.9 Å². The van der Waals surface area contributed by atoms with Crippen molar-refractivity contribution in [2.75, 3.05) is 13.2 Å². The van der Waals surface area contributed by atoms with Gasteiger partial charge in [-0.15, -0.1) is 0 Å². The quantitative estimate of drug-likeness (QED) is 0.403. The lowest BCUT2D eigenvalue weighted by Gasteiger charge is -2.34. The average Bonchev–Trinajstić information content (AvgIpc) is 2.84. The maximum Gasteiger partial charge on any atom is 0.266 e. The predicted octanol–water partition coefficient (Wildman–Crippen LogP) is 3.07. The van der Waals surface area contributed by atoms with Gasteiger partial charge in [0.1, 0.15) is 22.4 Å². The molecule has 0 fully saturated rings. The van der Waals surface area contributed by atoms with Crippen LogP contribution in [0.4, 0.5) is 0 Å². The largest absolute Gasteiger partial charge is 0.494 e. The third-order valence-corrected chi connectivity index (χ3v) is 7.12. The van der Waals surface area contributed by atoms with E-state index < -0.39 is 22.0 Å². The Kier molecular flexibility index (Phi) is 6.59. The minimum Gasteiger partial charge on any atom is -0.494 e. The summed E-state index contributed by atoms with van der Waals surface area (Å²) in [6.45, 7) is 2.54. The highest BCUT2D eigenvalue weighted by molar-refractivity contribution is 7.89. The molecule has 4 rings (SSSR count). The first-order chi connectivity index (χ1) is 15.9. The summed E-state index contributed by atoms with van der Waals surface area (Å²) in [4.78, 5) is 16.5. The molecule has 0 spiro atoms. The third-order valence-electron chi connectivity index (χ3n) is 5.27. The van der Waals surface area contributed by atoms with E-state index in [1.54, 1.807) is 41.9 Å². The lowest BCUT2D eigenvalue weighted by atomic mass is 9.94. The van der Waals surface area contributed by atoms with Gasteiger partial charge in [-0.1, -0.05) is 24.3 Å². The van der Waals surface area contributed by atoms with Crippen LogP contribution in [0, 0.1) is 0 Å². The van der Waals surface area contributed by atoms with Gasteiger partial charge >= 0.3 is 0 Å². The van der Waals surface area contributed by atoms with Crippen molar-refractivity contribution < 1.29 is 27.9 Å². The van der Waals surface area contributed by atoms with Gasteiger partial charge in [0.15, 0.2) is 0 Å². The number of nitrogens with one attached hydrogen (secondary N) is 1. The van der Waals surface area contributed by atoms with Crippen LogP contribution in [0.2, 0.25) is 0 Å². The van der Waals surface area contributed by atoms with Crippen LogP contribution < -0.4 is 15.0 Å². The number of fused-ring (bicyclic) bond motifs is 1. The molecular weight excluding hydrogens is 446 g/mol. The number of hydrogen-bond donors (Lipinski definition) is 2. The number of pyridine rings is 1. The first-order valence-corrected chi connectivity index (χ1v) is 11.8. The molecular formula is C23H23N3O6S. The third kappa shape index (κ3) is 4.68. The number of sulfonamides is 1. The fourth-order valence-corrected chi connectivity index (χ4v) is 5.26. The molecule has 3 aromatic rings. The number of amides is 1. The molecule has 0 unspecified atom stereocenters. The number of carbonyl (C=O) groups excluding carboxylic acids is 1. The Bertz CT molecular complexity index is 1230. The summed E-state index contributed by atoms with van der Waals surface area (Å²) >= 11 is 0. The molecule has 1 amide bonds. The number of benzene rings is 2. The number of carbonyl (C=O) groups is 1. The van der Waals surface area contributed by atoms with Crippen LogP contribution in [0.25, 0.3) is 0 Å². The summed E-state index contributed by atoms with van der Waals surface area (Å²) < 4.78 is 38.9. The Morgan fingerprint density at radius 1 is 1.12 bits per heavy atom. The highest BCUT2D eigenvalue weighted by Gasteiger charge is 2.40. The van der Waals surface area contributed by atoms with Crippen LogP contribution in [-0.4, -0.2) is 42.0 Å². The van der Waals surface area contributed by atoms with Gasteiger partial charge in [0.25, 0.3) is 5.91 Å². The molecule has 0 aliphatic carbocycles. The van der Waals surface area contributed by atoms with E-state index in [9.17, 15) is 18.4 Å². The predicted molar refractivity (Wildman–Crippen MR) is 119 cm³/mol. The fraction of sp³-hybridized carbons (Fsp3) is 0.217. The molecule has 2 aromatic carbocycles. The second kappa shape index (κ2) is 9.57. The highest BCUT2D eigenvalue weighted by Crippen LogP contribution is 2.34. The first-order valence-electron chi connectivity index (χ1n) is 10.3. The summed E-state index contributed by atoms with van der Waals surface area (Å²) in [5.41, 5.74) is 2.97. The molecule has 0 saturated carbocycles. The van der Waals surface area contributed by atoms with Crippen LogP contribution in [0.5, 0.6) is 17.4 Å². The lowest BCUT2D eigenvalue weighted by molar-refractivity contribution is -0.133. The summed E-state index contributed by atoms with van der Waals surface area (Å²) in [5.74, 6) is 0.624. The maximum atomic E-state index is 13.4. The van der Waals surface area contributed by atoms with E-state index in [2.05, 4.69) is 4.98 Å². The van der Waals surface area contributed by atoms with Crippen molar-refractivity contribution in [2.24, 2.45) is 0 Å². The Labute approximate surface area is 191 Å². The molecule has 172 valence electrons. The van der Waals surface area contributed by atoms with Crippen molar-refractivity contribution in [3.63, 3.8) is 0 Å². The van der Waals surface area contributed by atoms with Crippen LogP contribution in [-0.2, 0) is 21.2 Å². The summed E-state index contributed by atoms with van der Waals surface area (Å²) in [7, 11) is -4.08. The smallest absolute Gasteiger partial charge is 0.266 e. The SMILES string of the molecule is CCOc1ccc(Oc2ccc(S(=O)(=O)N3CCc4ccccc4[C@@H]3C(=O)NO)cn2)cc1. The second-order valence-corrected chi connectivity index (χ2v) is 9.17. The Hall–Kier alpha value is -3.47. The molecule has 1 atom stereocenters. The van der Waals surface area contributed by atoms with Gasteiger partial charge in [-0.25, -0.2) is 18.9 Å². The molecule has 10 heteroatoms. The van der Waals surface area contributed by atoms with Crippen LogP contribution >= 0.6 is 0 Å². The van der Waals surface area contributed by atoms with Crippen molar-refractivity contribution in [2.45, 2.75) is 24.3 Å². The molecule has 33 heavy (non-hydrogen) atoms. The number of hydroxylamine groups is 1. The van der Waals surface area contributed by atoms with Gasteiger partial charge in [-0.05, 0) is 54.8 Å². The van der Waals surface area contributed by atoms with Gasteiger partial charge in [-0.3, -0.25) is 10.0 Å². The van der Waals surface area contributed by atoms with E-state index >= 15 is 0 Å². The molecule has 1 aliphatic heterocycles. The molecule has 1 aromatic heterocycles. The van der Waals surface area contributed by atoms with E-state index in [0.717, 1.165) is 9.87 Å². The summed E-state index contributed by atoms with van der Waals surface area (Å²) in [6, 6.07) is 15.7. The van der Waals surface area contributed by atoms with Crippen molar-refractivity contribution in [3.8, 4) is 17.4 Å². The van der Waals surface area contributed by atoms with Crippen molar-refractivity contribution in [3.05, 3.63) is 78.0 Å². The monoisotopic (exact) mass is 469 g/mol. The number of ether oxygens (including phenoxy) is 2. The van der Waals surface area contributed by atoms with E-state index in [0.29, 0.717) is 30.1 Å².